The van der Waals surface area contributed by atoms with E-state index in [1.165, 1.54) is 7.11 Å². The predicted octanol–water partition coefficient (Wildman–Crippen LogP) is 4.24. The average molecular weight is 476 g/mol. The molecule has 3 unspecified atom stereocenters. The van der Waals surface area contributed by atoms with Crippen LogP contribution in [-0.4, -0.2) is 43.3 Å². The summed E-state index contributed by atoms with van der Waals surface area (Å²) in [6.45, 7) is 9.01. The van der Waals surface area contributed by atoms with E-state index in [2.05, 4.69) is 11.9 Å². The molecule has 2 heterocycles. The smallest absolute Gasteiger partial charge is 0.315 e. The summed E-state index contributed by atoms with van der Waals surface area (Å²) in [7, 11) is 1.42. The van der Waals surface area contributed by atoms with Crippen LogP contribution in [-0.2, 0) is 19.1 Å². The van der Waals surface area contributed by atoms with Gasteiger partial charge in [0.15, 0.2) is 17.3 Å². The molecule has 7 nitrogen and oxygen atoms in total. The van der Waals surface area contributed by atoms with Crippen LogP contribution >= 0.6 is 11.6 Å². The second kappa shape index (κ2) is 9.03. The van der Waals surface area contributed by atoms with Crippen LogP contribution in [0.3, 0.4) is 0 Å². The molecule has 1 fully saturated rings. The molecule has 3 aliphatic rings. The molecule has 0 bridgehead atoms. The lowest BCUT2D eigenvalue weighted by Gasteiger charge is -2.42. The van der Waals surface area contributed by atoms with E-state index >= 15 is 0 Å². The Labute approximate surface area is 198 Å². The average Bonchev–Trinajstić information content (AvgIpc) is 3.25. The molecule has 2 N–H and O–H groups in total. The molecule has 1 aromatic rings. The SMILES string of the molecule is C=C1NC2=C(C(=O)CC(C)(C)C2)C(c2cc(Cl)c(O)c(OC)c2)C1C(=O)OCC1CCCO1. The number of nitrogens with one attached hydrogen (secondary N) is 1. The molecule has 1 saturated heterocycles. The number of carbonyl (C=O) groups is 2. The molecule has 1 aromatic carbocycles. The molecular formula is C25H30ClNO6. The number of phenols is 1. The number of methoxy groups -OCH3 is 1. The predicted molar refractivity (Wildman–Crippen MR) is 123 cm³/mol. The van der Waals surface area contributed by atoms with Crippen molar-refractivity contribution >= 4 is 23.4 Å². The number of aromatic hydroxyl groups is 1. The first-order valence-electron chi connectivity index (χ1n) is 11.2. The van der Waals surface area contributed by atoms with E-state index < -0.39 is 17.8 Å². The lowest BCUT2D eigenvalue weighted by Crippen LogP contribution is -2.44. The monoisotopic (exact) mass is 475 g/mol. The number of phenolic OH excluding ortho intramolecular Hbond substituents is 1. The van der Waals surface area contributed by atoms with Crippen molar-refractivity contribution in [3.8, 4) is 11.5 Å². The Morgan fingerprint density at radius 3 is 2.79 bits per heavy atom. The Bertz CT molecular complexity index is 1020. The third-order valence-electron chi connectivity index (χ3n) is 6.57. The van der Waals surface area contributed by atoms with Crippen LogP contribution in [0.2, 0.25) is 5.02 Å². The van der Waals surface area contributed by atoms with E-state index in [0.29, 0.717) is 36.3 Å². The second-order valence-electron chi connectivity index (χ2n) is 9.76. The van der Waals surface area contributed by atoms with Crippen molar-refractivity contribution in [2.45, 2.75) is 51.6 Å². The minimum Gasteiger partial charge on any atom is -0.503 e. The highest BCUT2D eigenvalue weighted by Gasteiger charge is 2.47. The van der Waals surface area contributed by atoms with Crippen LogP contribution in [0, 0.1) is 11.3 Å². The summed E-state index contributed by atoms with van der Waals surface area (Å²) < 4.78 is 16.5. The van der Waals surface area contributed by atoms with Gasteiger partial charge in [-0.3, -0.25) is 9.59 Å². The standard InChI is InChI=1S/C25H30ClNO6/c1-13-20(24(30)33-12-15-6-5-7-32-15)21(14-8-16(26)23(29)19(9-14)31-4)22-17(27-13)10-25(2,3)11-18(22)28/h8-9,15,20-21,27,29H,1,5-7,10-12H2,2-4H3. The second-order valence-corrected chi connectivity index (χ2v) is 10.2. The van der Waals surface area contributed by atoms with Crippen LogP contribution < -0.4 is 10.1 Å². The molecular weight excluding hydrogens is 446 g/mol. The van der Waals surface area contributed by atoms with Crippen LogP contribution in [0.4, 0.5) is 0 Å². The lowest BCUT2D eigenvalue weighted by atomic mass is 9.66. The highest BCUT2D eigenvalue weighted by atomic mass is 35.5. The molecule has 0 spiro atoms. The van der Waals surface area contributed by atoms with Crippen molar-refractivity contribution in [3.05, 3.63) is 46.3 Å². The van der Waals surface area contributed by atoms with Crippen LogP contribution in [0.1, 0.15) is 51.0 Å². The fourth-order valence-electron chi connectivity index (χ4n) is 5.05. The number of esters is 1. The Hall–Kier alpha value is -2.51. The number of benzene rings is 1. The number of rotatable bonds is 5. The summed E-state index contributed by atoms with van der Waals surface area (Å²) >= 11 is 6.28. The Balaban J connectivity index is 1.78. The molecule has 3 atom stereocenters. The van der Waals surface area contributed by atoms with Gasteiger partial charge in [-0.15, -0.1) is 0 Å². The number of hydrogen-bond donors (Lipinski definition) is 2. The highest BCUT2D eigenvalue weighted by Crippen LogP contribution is 2.50. The lowest BCUT2D eigenvalue weighted by molar-refractivity contribution is -0.151. The van der Waals surface area contributed by atoms with Crippen molar-refractivity contribution in [3.63, 3.8) is 0 Å². The summed E-state index contributed by atoms with van der Waals surface area (Å²) in [6.07, 6.45) is 2.66. The number of ketones is 1. The fraction of sp³-hybridized carbons (Fsp3) is 0.520. The molecule has 178 valence electrons. The zero-order valence-corrected chi connectivity index (χ0v) is 20.0. The summed E-state index contributed by atoms with van der Waals surface area (Å²) in [6, 6.07) is 3.18. The van der Waals surface area contributed by atoms with Crippen LogP contribution in [0.15, 0.2) is 35.7 Å². The number of halogens is 1. The van der Waals surface area contributed by atoms with E-state index in [1.54, 1.807) is 12.1 Å². The van der Waals surface area contributed by atoms with Gasteiger partial charge in [0.2, 0.25) is 0 Å². The van der Waals surface area contributed by atoms with E-state index in [4.69, 9.17) is 25.8 Å². The van der Waals surface area contributed by atoms with Crippen LogP contribution in [0.25, 0.3) is 0 Å². The van der Waals surface area contributed by atoms with Gasteiger partial charge in [-0.1, -0.05) is 32.0 Å². The third-order valence-corrected chi connectivity index (χ3v) is 6.86. The molecule has 8 heteroatoms. The number of Topliss-reactive ketones (excluding diaryl/α,β-unsaturated/α-hetero) is 1. The van der Waals surface area contributed by atoms with Gasteiger partial charge in [0.05, 0.1) is 18.2 Å². The van der Waals surface area contributed by atoms with E-state index in [-0.39, 0.29) is 40.4 Å². The molecule has 0 amide bonds. The number of ether oxygens (including phenoxy) is 3. The molecule has 2 aliphatic heterocycles. The zero-order valence-electron chi connectivity index (χ0n) is 19.2. The summed E-state index contributed by atoms with van der Waals surface area (Å²) in [5.41, 5.74) is 2.12. The van der Waals surface area contributed by atoms with Gasteiger partial charge in [-0.2, -0.15) is 0 Å². The third kappa shape index (κ3) is 4.62. The number of carbonyl (C=O) groups excluding carboxylic acids is 2. The Kier molecular flexibility index (Phi) is 6.47. The molecule has 4 rings (SSSR count). The van der Waals surface area contributed by atoms with Crippen molar-refractivity contribution in [2.24, 2.45) is 11.3 Å². The molecule has 0 aromatic heterocycles. The Morgan fingerprint density at radius 1 is 1.36 bits per heavy atom. The van der Waals surface area contributed by atoms with Crippen molar-refractivity contribution < 1.29 is 28.9 Å². The maximum atomic E-state index is 13.4. The van der Waals surface area contributed by atoms with Gasteiger partial charge in [-0.25, -0.2) is 0 Å². The topological polar surface area (TPSA) is 94.1 Å². The van der Waals surface area contributed by atoms with Gasteiger partial charge < -0.3 is 24.6 Å². The van der Waals surface area contributed by atoms with Gasteiger partial charge in [0.1, 0.15) is 12.5 Å². The minimum absolute atomic E-state index is 0.0358. The fourth-order valence-corrected chi connectivity index (χ4v) is 5.27. The largest absolute Gasteiger partial charge is 0.503 e. The van der Waals surface area contributed by atoms with E-state index in [1.807, 2.05) is 13.8 Å². The maximum absolute atomic E-state index is 13.4. The summed E-state index contributed by atoms with van der Waals surface area (Å²) in [4.78, 5) is 26.7. The molecule has 1 aliphatic carbocycles. The quantitative estimate of drug-likeness (QED) is 0.615. The summed E-state index contributed by atoms with van der Waals surface area (Å²) in [5, 5.41) is 13.5. The molecule has 33 heavy (non-hydrogen) atoms. The maximum Gasteiger partial charge on any atom is 0.315 e. The highest BCUT2D eigenvalue weighted by molar-refractivity contribution is 6.32. The number of allylic oxidation sites excluding steroid dienone is 2. The van der Waals surface area contributed by atoms with Gasteiger partial charge in [0, 0.05) is 35.9 Å². The Morgan fingerprint density at radius 2 is 2.12 bits per heavy atom. The van der Waals surface area contributed by atoms with Crippen molar-refractivity contribution in [1.29, 1.82) is 0 Å². The zero-order chi connectivity index (χ0) is 23.9. The van der Waals surface area contributed by atoms with Gasteiger partial charge in [0.25, 0.3) is 0 Å². The van der Waals surface area contributed by atoms with Crippen molar-refractivity contribution in [1.82, 2.24) is 5.32 Å². The summed E-state index contributed by atoms with van der Waals surface area (Å²) in [5.74, 6) is -2.06. The van der Waals surface area contributed by atoms with E-state index in [0.717, 1.165) is 18.5 Å². The first-order valence-corrected chi connectivity index (χ1v) is 11.6. The normalized spacial score (nSPS) is 26.6. The first kappa shape index (κ1) is 23.6. The van der Waals surface area contributed by atoms with Crippen molar-refractivity contribution in [2.75, 3.05) is 20.3 Å². The number of hydrogen-bond acceptors (Lipinski definition) is 7. The molecule has 0 radical (unpaired) electrons. The van der Waals surface area contributed by atoms with Gasteiger partial charge in [-0.05, 0) is 42.4 Å². The molecule has 0 saturated carbocycles. The first-order chi connectivity index (χ1) is 15.6. The van der Waals surface area contributed by atoms with Gasteiger partial charge >= 0.3 is 5.97 Å². The van der Waals surface area contributed by atoms with E-state index in [9.17, 15) is 14.7 Å². The minimum atomic E-state index is -0.847. The van der Waals surface area contributed by atoms with Crippen LogP contribution in [0.5, 0.6) is 11.5 Å².